The summed E-state index contributed by atoms with van der Waals surface area (Å²) in [5.41, 5.74) is 1.28. The van der Waals surface area contributed by atoms with Gasteiger partial charge in [0.25, 0.3) is 0 Å². The van der Waals surface area contributed by atoms with Crippen molar-refractivity contribution in [3.8, 4) is 0 Å². The number of rotatable bonds is 7. The molecule has 3 unspecified atom stereocenters. The second-order valence-corrected chi connectivity index (χ2v) is 8.02. The van der Waals surface area contributed by atoms with Crippen molar-refractivity contribution in [2.75, 3.05) is 53.0 Å². The average Bonchev–Trinajstić information content (AvgIpc) is 2.61. The number of hydrogen-bond donors (Lipinski definition) is 1. The highest BCUT2D eigenvalue weighted by molar-refractivity contribution is 5.77. The Kier molecular flexibility index (Phi) is 7.91. The van der Waals surface area contributed by atoms with Gasteiger partial charge in [-0.05, 0) is 31.1 Å². The maximum atomic E-state index is 12.8. The van der Waals surface area contributed by atoms with Crippen LogP contribution in [-0.4, -0.2) is 73.9 Å². The minimum absolute atomic E-state index is 0.213. The zero-order chi connectivity index (χ0) is 18.4. The van der Waals surface area contributed by atoms with Crippen LogP contribution in [0, 0.1) is 23.7 Å². The summed E-state index contributed by atoms with van der Waals surface area (Å²) in [5.74, 6) is 1.86. The Morgan fingerprint density at radius 1 is 1.32 bits per heavy atom. The van der Waals surface area contributed by atoms with Crippen LogP contribution in [0.2, 0.25) is 0 Å². The number of hydrogen-bond acceptors (Lipinski definition) is 4. The lowest BCUT2D eigenvalue weighted by molar-refractivity contribution is -0.134. The molecule has 1 aliphatic heterocycles. The molecule has 0 radical (unpaired) electrons. The third-order valence-corrected chi connectivity index (χ3v) is 6.05. The molecular formula is C20H36N2O3. The van der Waals surface area contributed by atoms with E-state index in [4.69, 9.17) is 4.74 Å². The first-order chi connectivity index (χ1) is 12.0. The summed E-state index contributed by atoms with van der Waals surface area (Å²) in [4.78, 5) is 17.2. The lowest BCUT2D eigenvalue weighted by Gasteiger charge is -2.38. The van der Waals surface area contributed by atoms with Gasteiger partial charge in [0.2, 0.25) is 5.91 Å². The van der Waals surface area contributed by atoms with Crippen molar-refractivity contribution in [2.24, 2.45) is 23.7 Å². The molecule has 0 aromatic rings. The first-order valence-corrected chi connectivity index (χ1v) is 9.74. The van der Waals surface area contributed by atoms with E-state index in [1.807, 2.05) is 4.90 Å². The fraction of sp³-hybridized carbons (Fsp3) is 0.850. The van der Waals surface area contributed by atoms with Gasteiger partial charge in [0.15, 0.2) is 0 Å². The summed E-state index contributed by atoms with van der Waals surface area (Å²) in [7, 11) is 1.73. The number of nitrogens with zero attached hydrogens (tertiary/aromatic N) is 2. The maximum absolute atomic E-state index is 12.8. The van der Waals surface area contributed by atoms with E-state index in [0.717, 1.165) is 45.8 Å². The number of carbonyl (C=O) groups excluding carboxylic acids is 1. The minimum atomic E-state index is 0.213. The highest BCUT2D eigenvalue weighted by Gasteiger charge is 2.33. The first kappa shape index (κ1) is 20.4. The van der Waals surface area contributed by atoms with E-state index >= 15 is 0 Å². The van der Waals surface area contributed by atoms with Crippen molar-refractivity contribution in [3.05, 3.63) is 11.6 Å². The van der Waals surface area contributed by atoms with Gasteiger partial charge in [-0.2, -0.15) is 0 Å². The molecule has 1 fully saturated rings. The van der Waals surface area contributed by atoms with E-state index in [1.165, 1.54) is 5.57 Å². The van der Waals surface area contributed by atoms with E-state index < -0.39 is 0 Å². The van der Waals surface area contributed by atoms with Crippen molar-refractivity contribution < 1.29 is 14.6 Å². The number of amides is 1. The summed E-state index contributed by atoms with van der Waals surface area (Å²) < 4.78 is 5.13. The number of carbonyl (C=O) groups is 1. The molecule has 2 rings (SSSR count). The van der Waals surface area contributed by atoms with Crippen molar-refractivity contribution in [1.82, 2.24) is 9.80 Å². The van der Waals surface area contributed by atoms with E-state index in [9.17, 15) is 9.90 Å². The van der Waals surface area contributed by atoms with Gasteiger partial charge in [-0.1, -0.05) is 25.5 Å². The van der Waals surface area contributed by atoms with Crippen LogP contribution in [0.4, 0.5) is 0 Å². The lowest BCUT2D eigenvalue weighted by atomic mass is 9.70. The standard InChI is InChI=1S/C20H36N2O3/c1-15(2)19-12-17(16(3)11-18(19)14-23)13-20(24)22-7-5-21(6-8-22)9-10-25-4/h11,15,17-19,23H,5-10,12-14H2,1-4H3. The van der Waals surface area contributed by atoms with Gasteiger partial charge in [0.05, 0.1) is 6.61 Å². The Morgan fingerprint density at radius 2 is 2.00 bits per heavy atom. The fourth-order valence-electron chi connectivity index (χ4n) is 4.27. The molecule has 0 aromatic carbocycles. The van der Waals surface area contributed by atoms with Crippen LogP contribution in [0.15, 0.2) is 11.6 Å². The van der Waals surface area contributed by atoms with Gasteiger partial charge in [-0.25, -0.2) is 0 Å². The second-order valence-electron chi connectivity index (χ2n) is 8.02. The fourth-order valence-corrected chi connectivity index (χ4v) is 4.27. The van der Waals surface area contributed by atoms with E-state index in [-0.39, 0.29) is 18.4 Å². The predicted molar refractivity (Wildman–Crippen MR) is 100 cm³/mol. The van der Waals surface area contributed by atoms with Gasteiger partial charge in [0, 0.05) is 58.8 Å². The topological polar surface area (TPSA) is 53.0 Å². The molecule has 144 valence electrons. The van der Waals surface area contributed by atoms with Crippen molar-refractivity contribution in [2.45, 2.75) is 33.6 Å². The minimum Gasteiger partial charge on any atom is -0.396 e. The number of ether oxygens (including phenoxy) is 1. The van der Waals surface area contributed by atoms with Gasteiger partial charge >= 0.3 is 0 Å². The molecule has 1 saturated heterocycles. The van der Waals surface area contributed by atoms with Crippen LogP contribution < -0.4 is 0 Å². The average molecular weight is 353 g/mol. The number of aliphatic hydroxyl groups excluding tert-OH is 1. The van der Waals surface area contributed by atoms with Gasteiger partial charge in [-0.3, -0.25) is 9.69 Å². The van der Waals surface area contributed by atoms with Crippen LogP contribution in [0.3, 0.4) is 0 Å². The molecule has 1 heterocycles. The van der Waals surface area contributed by atoms with Crippen LogP contribution in [0.1, 0.15) is 33.6 Å². The van der Waals surface area contributed by atoms with Crippen LogP contribution in [0.5, 0.6) is 0 Å². The molecule has 25 heavy (non-hydrogen) atoms. The molecule has 1 amide bonds. The number of allylic oxidation sites excluding steroid dienone is 1. The molecule has 0 bridgehead atoms. The number of piperazine rings is 1. The Labute approximate surface area is 153 Å². The first-order valence-electron chi connectivity index (χ1n) is 9.74. The van der Waals surface area contributed by atoms with Gasteiger partial charge < -0.3 is 14.7 Å². The molecule has 5 heteroatoms. The third kappa shape index (κ3) is 5.53. The summed E-state index contributed by atoms with van der Waals surface area (Å²) in [6.07, 6.45) is 3.85. The Balaban J connectivity index is 1.88. The van der Waals surface area contributed by atoms with E-state index in [2.05, 4.69) is 31.7 Å². The Morgan fingerprint density at radius 3 is 2.56 bits per heavy atom. The monoisotopic (exact) mass is 352 g/mol. The maximum Gasteiger partial charge on any atom is 0.223 e. The van der Waals surface area contributed by atoms with Crippen molar-refractivity contribution >= 4 is 5.91 Å². The Bertz CT molecular complexity index is 456. The number of methoxy groups -OCH3 is 1. The second kappa shape index (κ2) is 9.70. The number of aliphatic hydroxyl groups is 1. The van der Waals surface area contributed by atoms with E-state index in [1.54, 1.807) is 7.11 Å². The third-order valence-electron chi connectivity index (χ3n) is 6.05. The highest BCUT2D eigenvalue weighted by Crippen LogP contribution is 2.38. The molecule has 0 saturated carbocycles. The van der Waals surface area contributed by atoms with Crippen LogP contribution >= 0.6 is 0 Å². The summed E-state index contributed by atoms with van der Waals surface area (Å²) in [5, 5.41) is 9.65. The molecule has 0 spiro atoms. The van der Waals surface area contributed by atoms with Crippen molar-refractivity contribution in [1.29, 1.82) is 0 Å². The van der Waals surface area contributed by atoms with Crippen molar-refractivity contribution in [3.63, 3.8) is 0 Å². The smallest absolute Gasteiger partial charge is 0.223 e. The predicted octanol–water partition coefficient (Wildman–Crippen LogP) is 2.01. The van der Waals surface area contributed by atoms with Crippen LogP contribution in [0.25, 0.3) is 0 Å². The zero-order valence-corrected chi connectivity index (χ0v) is 16.4. The molecular weight excluding hydrogens is 316 g/mol. The highest BCUT2D eigenvalue weighted by atomic mass is 16.5. The van der Waals surface area contributed by atoms with Gasteiger partial charge in [-0.15, -0.1) is 0 Å². The van der Waals surface area contributed by atoms with Gasteiger partial charge in [0.1, 0.15) is 0 Å². The Hall–Kier alpha value is -0.910. The molecule has 5 nitrogen and oxygen atoms in total. The summed E-state index contributed by atoms with van der Waals surface area (Å²) in [6, 6.07) is 0. The molecule has 2 aliphatic rings. The normalized spacial score (nSPS) is 28.3. The zero-order valence-electron chi connectivity index (χ0n) is 16.4. The SMILES string of the molecule is COCCN1CCN(C(=O)CC2CC(C(C)C)C(CO)C=C2C)CC1. The van der Waals surface area contributed by atoms with E-state index in [0.29, 0.717) is 24.2 Å². The molecule has 0 aromatic heterocycles. The molecule has 3 atom stereocenters. The summed E-state index contributed by atoms with van der Waals surface area (Å²) >= 11 is 0. The quantitative estimate of drug-likeness (QED) is 0.712. The largest absolute Gasteiger partial charge is 0.396 e. The molecule has 1 N–H and O–H groups in total. The summed E-state index contributed by atoms with van der Waals surface area (Å²) in [6.45, 7) is 12.0. The lowest BCUT2D eigenvalue weighted by Crippen LogP contribution is -2.49. The molecule has 1 aliphatic carbocycles. The van der Waals surface area contributed by atoms with Crippen LogP contribution in [-0.2, 0) is 9.53 Å².